The van der Waals surface area contributed by atoms with Crippen LogP contribution in [0.1, 0.15) is 29.9 Å². The molecule has 0 N–H and O–H groups in total. The smallest absolute Gasteiger partial charge is 0.128 e. The van der Waals surface area contributed by atoms with E-state index in [1.165, 1.54) is 18.4 Å². The van der Waals surface area contributed by atoms with Gasteiger partial charge in [-0.2, -0.15) is 0 Å². The van der Waals surface area contributed by atoms with E-state index in [0.717, 1.165) is 29.2 Å². The zero-order valence-electron chi connectivity index (χ0n) is 7.76. The summed E-state index contributed by atoms with van der Waals surface area (Å²) in [6, 6.07) is 0. The molecule has 0 aromatic carbocycles. The van der Waals surface area contributed by atoms with Gasteiger partial charge in [-0.05, 0) is 31.2 Å². The number of halogens is 1. The molecule has 0 radical (unpaired) electrons. The van der Waals surface area contributed by atoms with E-state index in [1.807, 2.05) is 6.20 Å². The van der Waals surface area contributed by atoms with E-state index < -0.39 is 0 Å². The molecule has 1 aliphatic carbocycles. The van der Waals surface area contributed by atoms with Crippen LogP contribution >= 0.6 is 15.9 Å². The van der Waals surface area contributed by atoms with Gasteiger partial charge in [0.15, 0.2) is 0 Å². The fourth-order valence-electron chi connectivity index (χ4n) is 1.33. The second-order valence-corrected chi connectivity index (χ2v) is 4.26. The summed E-state index contributed by atoms with van der Waals surface area (Å²) in [6.07, 6.45) is 5.73. The van der Waals surface area contributed by atoms with Crippen molar-refractivity contribution in [2.45, 2.75) is 31.5 Å². The zero-order valence-corrected chi connectivity index (χ0v) is 9.34. The minimum atomic E-state index is 0.832. The van der Waals surface area contributed by atoms with Crippen LogP contribution in [0, 0.1) is 12.8 Å². The molecule has 0 atom stereocenters. The summed E-state index contributed by atoms with van der Waals surface area (Å²) in [5.41, 5.74) is 2.31. The number of nitrogens with zero attached hydrogens (tertiary/aromatic N) is 2. The van der Waals surface area contributed by atoms with Gasteiger partial charge in [0, 0.05) is 17.9 Å². The lowest BCUT2D eigenvalue weighted by Crippen LogP contribution is -2.01. The molecule has 0 unspecified atom stereocenters. The van der Waals surface area contributed by atoms with Crippen molar-refractivity contribution in [3.63, 3.8) is 0 Å². The van der Waals surface area contributed by atoms with Gasteiger partial charge in [-0.3, -0.25) is 0 Å². The molecule has 1 aliphatic rings. The Balaban J connectivity index is 2.16. The first kappa shape index (κ1) is 9.13. The van der Waals surface area contributed by atoms with Gasteiger partial charge in [0.05, 0.1) is 5.69 Å². The lowest BCUT2D eigenvalue weighted by atomic mass is 10.2. The monoisotopic (exact) mass is 240 g/mol. The maximum atomic E-state index is 4.51. The molecular formula is C10H13BrN2. The Kier molecular flexibility index (Phi) is 2.63. The largest absolute Gasteiger partial charge is 0.241 e. The Morgan fingerprint density at radius 2 is 2.31 bits per heavy atom. The minimum absolute atomic E-state index is 0.832. The van der Waals surface area contributed by atoms with Crippen LogP contribution in [0.15, 0.2) is 6.20 Å². The van der Waals surface area contributed by atoms with E-state index in [2.05, 4.69) is 32.8 Å². The molecule has 13 heavy (non-hydrogen) atoms. The van der Waals surface area contributed by atoms with Crippen LogP contribution in [0.2, 0.25) is 0 Å². The molecule has 3 heteroatoms. The second kappa shape index (κ2) is 3.74. The van der Waals surface area contributed by atoms with Crippen molar-refractivity contribution in [2.75, 3.05) is 0 Å². The molecule has 1 saturated carbocycles. The maximum absolute atomic E-state index is 4.51. The highest BCUT2D eigenvalue weighted by Crippen LogP contribution is 2.31. The number of rotatable bonds is 3. The molecule has 0 amide bonds. The van der Waals surface area contributed by atoms with E-state index >= 15 is 0 Å². The van der Waals surface area contributed by atoms with Gasteiger partial charge in [0.1, 0.15) is 5.82 Å². The summed E-state index contributed by atoms with van der Waals surface area (Å²) >= 11 is 3.43. The van der Waals surface area contributed by atoms with E-state index in [-0.39, 0.29) is 0 Å². The first-order valence-electron chi connectivity index (χ1n) is 4.67. The summed E-state index contributed by atoms with van der Waals surface area (Å²) in [5.74, 6) is 1.88. The minimum Gasteiger partial charge on any atom is -0.241 e. The molecule has 70 valence electrons. The number of aromatic nitrogens is 2. The molecular weight excluding hydrogens is 228 g/mol. The van der Waals surface area contributed by atoms with Crippen LogP contribution in [0.3, 0.4) is 0 Å². The summed E-state index contributed by atoms with van der Waals surface area (Å²) in [4.78, 5) is 8.85. The highest BCUT2D eigenvalue weighted by molar-refractivity contribution is 9.08. The van der Waals surface area contributed by atoms with Crippen LogP contribution in [-0.4, -0.2) is 9.97 Å². The summed E-state index contributed by atoms with van der Waals surface area (Å²) in [7, 11) is 0. The molecule has 2 nitrogen and oxygen atoms in total. The lowest BCUT2D eigenvalue weighted by molar-refractivity contribution is 0.759. The van der Waals surface area contributed by atoms with Crippen molar-refractivity contribution < 1.29 is 0 Å². The first-order valence-corrected chi connectivity index (χ1v) is 5.79. The fourth-order valence-corrected chi connectivity index (χ4v) is 1.90. The Hall–Kier alpha value is -0.440. The summed E-state index contributed by atoms with van der Waals surface area (Å²) in [5, 5.41) is 0.832. The SMILES string of the molecule is Cc1cnc(CC2CC2)nc1CBr. The fraction of sp³-hybridized carbons (Fsp3) is 0.600. The molecule has 0 saturated heterocycles. The van der Waals surface area contributed by atoms with E-state index in [4.69, 9.17) is 0 Å². The van der Waals surface area contributed by atoms with E-state index in [0.29, 0.717) is 0 Å². The van der Waals surface area contributed by atoms with Crippen molar-refractivity contribution in [2.24, 2.45) is 5.92 Å². The van der Waals surface area contributed by atoms with Gasteiger partial charge in [0.25, 0.3) is 0 Å². The third kappa shape index (κ3) is 2.27. The maximum Gasteiger partial charge on any atom is 0.128 e. The van der Waals surface area contributed by atoms with Crippen LogP contribution < -0.4 is 0 Å². The first-order chi connectivity index (χ1) is 6.29. The van der Waals surface area contributed by atoms with E-state index in [1.54, 1.807) is 0 Å². The third-order valence-electron chi connectivity index (χ3n) is 2.42. The normalized spacial score (nSPS) is 16.2. The van der Waals surface area contributed by atoms with Crippen molar-refractivity contribution in [1.29, 1.82) is 0 Å². The van der Waals surface area contributed by atoms with Crippen LogP contribution in [-0.2, 0) is 11.8 Å². The molecule has 1 aromatic heterocycles. The standard InChI is InChI=1S/C10H13BrN2/c1-7-6-12-10(4-8-2-3-8)13-9(7)5-11/h6,8H,2-5H2,1H3. The predicted octanol–water partition coefficient (Wildman–Crippen LogP) is 2.63. The lowest BCUT2D eigenvalue weighted by Gasteiger charge is -2.03. The zero-order chi connectivity index (χ0) is 9.26. The van der Waals surface area contributed by atoms with Gasteiger partial charge in [0.2, 0.25) is 0 Å². The highest BCUT2D eigenvalue weighted by Gasteiger charge is 2.22. The van der Waals surface area contributed by atoms with Crippen molar-refractivity contribution in [1.82, 2.24) is 9.97 Å². The molecule has 1 heterocycles. The quantitative estimate of drug-likeness (QED) is 0.760. The summed E-state index contributed by atoms with van der Waals surface area (Å²) < 4.78 is 0. The number of aryl methyl sites for hydroxylation is 1. The molecule has 1 aromatic rings. The van der Waals surface area contributed by atoms with Crippen molar-refractivity contribution >= 4 is 15.9 Å². The van der Waals surface area contributed by atoms with Gasteiger partial charge in [-0.15, -0.1) is 0 Å². The Bertz CT molecular complexity index is 308. The topological polar surface area (TPSA) is 25.8 Å². The average molecular weight is 241 g/mol. The van der Waals surface area contributed by atoms with Gasteiger partial charge < -0.3 is 0 Å². The number of hydrogen-bond acceptors (Lipinski definition) is 2. The van der Waals surface area contributed by atoms with Crippen molar-refractivity contribution in [3.05, 3.63) is 23.3 Å². The average Bonchev–Trinajstić information content (AvgIpc) is 2.92. The highest BCUT2D eigenvalue weighted by atomic mass is 79.9. The summed E-state index contributed by atoms with van der Waals surface area (Å²) in [6.45, 7) is 2.05. The molecule has 0 spiro atoms. The third-order valence-corrected chi connectivity index (χ3v) is 2.95. The Labute approximate surface area is 86.9 Å². The predicted molar refractivity (Wildman–Crippen MR) is 55.8 cm³/mol. The van der Waals surface area contributed by atoms with Crippen LogP contribution in [0.25, 0.3) is 0 Å². The molecule has 1 fully saturated rings. The van der Waals surface area contributed by atoms with E-state index in [9.17, 15) is 0 Å². The Morgan fingerprint density at radius 1 is 1.54 bits per heavy atom. The van der Waals surface area contributed by atoms with Crippen LogP contribution in [0.5, 0.6) is 0 Å². The van der Waals surface area contributed by atoms with Gasteiger partial charge in [-0.25, -0.2) is 9.97 Å². The number of alkyl halides is 1. The van der Waals surface area contributed by atoms with Gasteiger partial charge >= 0.3 is 0 Å². The second-order valence-electron chi connectivity index (χ2n) is 3.70. The number of hydrogen-bond donors (Lipinski definition) is 0. The molecule has 0 aliphatic heterocycles. The molecule has 0 bridgehead atoms. The Morgan fingerprint density at radius 3 is 2.92 bits per heavy atom. The molecule has 2 rings (SSSR count). The van der Waals surface area contributed by atoms with Crippen LogP contribution in [0.4, 0.5) is 0 Å². The van der Waals surface area contributed by atoms with Gasteiger partial charge in [-0.1, -0.05) is 15.9 Å². The van der Waals surface area contributed by atoms with Crippen molar-refractivity contribution in [3.8, 4) is 0 Å².